The predicted octanol–water partition coefficient (Wildman–Crippen LogP) is 3.11. The minimum atomic E-state index is -0.337. The van der Waals surface area contributed by atoms with E-state index < -0.39 is 0 Å². The van der Waals surface area contributed by atoms with Gasteiger partial charge in [-0.3, -0.25) is 10.4 Å². The molecular weight excluding hydrogens is 371 g/mol. The molecule has 29 heavy (non-hydrogen) atoms. The summed E-state index contributed by atoms with van der Waals surface area (Å²) in [6.07, 6.45) is 7.17. The van der Waals surface area contributed by atoms with Crippen molar-refractivity contribution >= 4 is 22.1 Å². The van der Waals surface area contributed by atoms with Crippen LogP contribution in [0, 0.1) is 11.2 Å². The minimum Gasteiger partial charge on any atom is -0.340 e. The second kappa shape index (κ2) is 6.62. The summed E-state index contributed by atoms with van der Waals surface area (Å²) in [7, 11) is 0. The average Bonchev–Trinajstić information content (AvgIpc) is 3.36. The van der Waals surface area contributed by atoms with Crippen LogP contribution in [0.15, 0.2) is 55.4 Å². The van der Waals surface area contributed by atoms with Gasteiger partial charge in [0.25, 0.3) is 0 Å². The summed E-state index contributed by atoms with van der Waals surface area (Å²) in [5, 5.41) is 14.2. The SMILES string of the molecule is CCC(c1nn(-c2cccnc2)c2cc(F)ccc12)n1cnc2nc[nH]c2c1=N. The molecule has 8 nitrogen and oxygen atoms in total. The third-order valence-corrected chi connectivity index (χ3v) is 5.02. The number of benzene rings is 1. The monoisotopic (exact) mass is 388 g/mol. The minimum absolute atomic E-state index is 0.256. The molecule has 0 saturated carbocycles. The van der Waals surface area contributed by atoms with E-state index in [4.69, 9.17) is 10.5 Å². The van der Waals surface area contributed by atoms with E-state index in [0.29, 0.717) is 23.1 Å². The molecule has 0 bridgehead atoms. The van der Waals surface area contributed by atoms with E-state index in [-0.39, 0.29) is 17.3 Å². The summed E-state index contributed by atoms with van der Waals surface area (Å²) in [6, 6.07) is 8.05. The molecule has 0 fully saturated rings. The Hall–Kier alpha value is -3.88. The molecule has 0 radical (unpaired) electrons. The molecule has 144 valence electrons. The summed E-state index contributed by atoms with van der Waals surface area (Å²) in [4.78, 5) is 15.6. The quantitative estimate of drug-likeness (QED) is 0.494. The lowest BCUT2D eigenvalue weighted by Crippen LogP contribution is -2.26. The van der Waals surface area contributed by atoms with Crippen molar-refractivity contribution in [2.75, 3.05) is 0 Å². The fraction of sp³-hybridized carbons (Fsp3) is 0.150. The highest BCUT2D eigenvalue weighted by molar-refractivity contribution is 5.84. The van der Waals surface area contributed by atoms with E-state index in [1.54, 1.807) is 34.0 Å². The first-order valence-corrected chi connectivity index (χ1v) is 9.20. The molecule has 0 amide bonds. The van der Waals surface area contributed by atoms with Gasteiger partial charge in [0.2, 0.25) is 0 Å². The van der Waals surface area contributed by atoms with E-state index in [1.807, 2.05) is 19.1 Å². The second-order valence-electron chi connectivity index (χ2n) is 6.70. The van der Waals surface area contributed by atoms with Crippen LogP contribution in [0.4, 0.5) is 4.39 Å². The number of pyridine rings is 1. The molecule has 2 N–H and O–H groups in total. The summed E-state index contributed by atoms with van der Waals surface area (Å²) in [6.45, 7) is 2.02. The number of nitrogens with one attached hydrogen (secondary N) is 2. The molecule has 9 heteroatoms. The van der Waals surface area contributed by atoms with Gasteiger partial charge in [0.15, 0.2) is 11.1 Å². The summed E-state index contributed by atoms with van der Waals surface area (Å²) in [5.41, 5.74) is 3.45. The number of fused-ring (bicyclic) bond motifs is 2. The lowest BCUT2D eigenvalue weighted by atomic mass is 10.1. The van der Waals surface area contributed by atoms with Crippen molar-refractivity contribution in [2.45, 2.75) is 19.4 Å². The number of aromatic nitrogens is 7. The van der Waals surface area contributed by atoms with E-state index in [0.717, 1.165) is 16.8 Å². The Morgan fingerprint density at radius 3 is 2.93 bits per heavy atom. The molecule has 1 atom stereocenters. The number of hydrogen-bond donors (Lipinski definition) is 2. The maximum absolute atomic E-state index is 14.0. The van der Waals surface area contributed by atoms with Crippen LogP contribution in [0.25, 0.3) is 27.8 Å². The van der Waals surface area contributed by atoms with Crippen LogP contribution in [0.2, 0.25) is 0 Å². The van der Waals surface area contributed by atoms with Gasteiger partial charge < -0.3 is 9.55 Å². The first kappa shape index (κ1) is 17.2. The maximum Gasteiger partial charge on any atom is 0.182 e. The van der Waals surface area contributed by atoms with Gasteiger partial charge in [0, 0.05) is 17.6 Å². The predicted molar refractivity (Wildman–Crippen MR) is 105 cm³/mol. The first-order chi connectivity index (χ1) is 14.2. The number of halogens is 1. The van der Waals surface area contributed by atoms with Gasteiger partial charge in [0.1, 0.15) is 11.3 Å². The number of H-pyrrole nitrogens is 1. The largest absolute Gasteiger partial charge is 0.340 e. The van der Waals surface area contributed by atoms with Crippen LogP contribution in [-0.2, 0) is 0 Å². The van der Waals surface area contributed by atoms with Crippen LogP contribution < -0.4 is 5.49 Å². The van der Waals surface area contributed by atoms with E-state index in [1.165, 1.54) is 18.5 Å². The Balaban J connectivity index is 1.77. The molecule has 5 rings (SSSR count). The first-order valence-electron chi connectivity index (χ1n) is 9.20. The lowest BCUT2D eigenvalue weighted by molar-refractivity contribution is 0.519. The molecule has 1 unspecified atom stereocenters. The van der Waals surface area contributed by atoms with E-state index >= 15 is 0 Å². The second-order valence-corrected chi connectivity index (χ2v) is 6.70. The Morgan fingerprint density at radius 1 is 1.24 bits per heavy atom. The fourth-order valence-corrected chi connectivity index (χ4v) is 3.66. The van der Waals surface area contributed by atoms with Crippen molar-refractivity contribution < 1.29 is 4.39 Å². The Morgan fingerprint density at radius 2 is 2.14 bits per heavy atom. The maximum atomic E-state index is 14.0. The number of nitrogens with zero attached hydrogens (tertiary/aromatic N) is 6. The van der Waals surface area contributed by atoms with Crippen molar-refractivity contribution in [3.8, 4) is 5.69 Å². The highest BCUT2D eigenvalue weighted by Gasteiger charge is 2.22. The molecule has 0 saturated heterocycles. The zero-order valence-corrected chi connectivity index (χ0v) is 15.5. The highest BCUT2D eigenvalue weighted by atomic mass is 19.1. The topological polar surface area (TPSA) is 101 Å². The van der Waals surface area contributed by atoms with Gasteiger partial charge >= 0.3 is 0 Å². The summed E-state index contributed by atoms with van der Waals surface area (Å²) >= 11 is 0. The number of hydrogen-bond acceptors (Lipinski definition) is 5. The van der Waals surface area contributed by atoms with Crippen LogP contribution >= 0.6 is 0 Å². The zero-order chi connectivity index (χ0) is 20.0. The van der Waals surface area contributed by atoms with Crippen LogP contribution in [0.3, 0.4) is 0 Å². The van der Waals surface area contributed by atoms with Gasteiger partial charge in [0.05, 0.1) is 41.8 Å². The van der Waals surface area contributed by atoms with Gasteiger partial charge in [-0.15, -0.1) is 0 Å². The number of aromatic amines is 1. The van der Waals surface area contributed by atoms with Crippen molar-refractivity contribution in [2.24, 2.45) is 0 Å². The average molecular weight is 388 g/mol. The van der Waals surface area contributed by atoms with Gasteiger partial charge in [-0.2, -0.15) is 5.10 Å². The molecule has 4 aromatic heterocycles. The Bertz CT molecular complexity index is 1380. The van der Waals surface area contributed by atoms with Crippen molar-refractivity contribution in [1.82, 2.24) is 34.3 Å². The van der Waals surface area contributed by atoms with E-state index in [9.17, 15) is 4.39 Å². The highest BCUT2D eigenvalue weighted by Crippen LogP contribution is 2.30. The lowest BCUT2D eigenvalue weighted by Gasteiger charge is -2.17. The summed E-state index contributed by atoms with van der Waals surface area (Å²) in [5.74, 6) is -0.337. The Labute approximate surface area is 164 Å². The molecule has 1 aromatic carbocycles. The molecule has 0 aliphatic heterocycles. The fourth-order valence-electron chi connectivity index (χ4n) is 3.66. The Kier molecular flexibility index (Phi) is 3.94. The van der Waals surface area contributed by atoms with Crippen molar-refractivity contribution in [3.05, 3.63) is 72.4 Å². The van der Waals surface area contributed by atoms with Gasteiger partial charge in [-0.25, -0.2) is 19.0 Å². The van der Waals surface area contributed by atoms with Crippen molar-refractivity contribution in [3.63, 3.8) is 0 Å². The zero-order valence-electron chi connectivity index (χ0n) is 15.5. The van der Waals surface area contributed by atoms with Crippen LogP contribution in [0.5, 0.6) is 0 Å². The molecule has 5 aromatic rings. The molecule has 0 aliphatic carbocycles. The number of rotatable bonds is 4. The normalized spacial score (nSPS) is 12.6. The van der Waals surface area contributed by atoms with Crippen LogP contribution in [0.1, 0.15) is 25.1 Å². The molecule has 4 heterocycles. The molecule has 0 aliphatic rings. The molecule has 0 spiro atoms. The summed E-state index contributed by atoms with van der Waals surface area (Å²) < 4.78 is 17.5. The van der Waals surface area contributed by atoms with E-state index in [2.05, 4.69) is 19.9 Å². The van der Waals surface area contributed by atoms with Crippen LogP contribution in [-0.4, -0.2) is 34.3 Å². The van der Waals surface area contributed by atoms with Crippen molar-refractivity contribution in [1.29, 1.82) is 5.41 Å². The third-order valence-electron chi connectivity index (χ3n) is 5.02. The van der Waals surface area contributed by atoms with Gasteiger partial charge in [-0.1, -0.05) is 6.92 Å². The smallest absolute Gasteiger partial charge is 0.182 e. The van der Waals surface area contributed by atoms with Gasteiger partial charge in [-0.05, 0) is 30.7 Å². The molecular formula is C20H17FN8. The standard InChI is InChI=1S/C20H17FN8/c1-2-15(28-11-26-20-18(19(28)22)24-10-25-20)17-14-6-5-12(21)8-16(14)29(27-17)13-4-3-7-23-9-13/h3-11,15,22H,2H2,1H3,(H,24,25). The number of imidazole rings is 1. The third kappa shape index (κ3) is 2.70.